The third-order valence-electron chi connectivity index (χ3n) is 4.76. The third kappa shape index (κ3) is 3.53. The molecule has 9 heteroatoms. The van der Waals surface area contributed by atoms with E-state index >= 15 is 0 Å². The van der Waals surface area contributed by atoms with E-state index < -0.39 is 21.3 Å². The number of benzene rings is 1. The Balaban J connectivity index is 2.25. The van der Waals surface area contributed by atoms with E-state index in [9.17, 15) is 8.42 Å². The summed E-state index contributed by atoms with van der Waals surface area (Å²) < 4.78 is 30.0. The highest BCUT2D eigenvalue weighted by atomic mass is 35.5. The van der Waals surface area contributed by atoms with E-state index in [4.69, 9.17) is 23.2 Å². The van der Waals surface area contributed by atoms with Crippen LogP contribution in [0.2, 0.25) is 10.0 Å². The predicted molar refractivity (Wildman–Crippen MR) is 110 cm³/mol. The Kier molecular flexibility index (Phi) is 5.68. The average molecular weight is 429 g/mol. The lowest BCUT2D eigenvalue weighted by Crippen LogP contribution is -2.48. The van der Waals surface area contributed by atoms with E-state index in [0.29, 0.717) is 34.7 Å². The van der Waals surface area contributed by atoms with E-state index in [-0.39, 0.29) is 0 Å². The van der Waals surface area contributed by atoms with Crippen LogP contribution in [-0.4, -0.2) is 46.6 Å². The normalized spacial score (nSPS) is 19.9. The molecule has 0 N–H and O–H groups in total. The van der Waals surface area contributed by atoms with Gasteiger partial charge >= 0.3 is 0 Å². The number of sulfonamides is 1. The van der Waals surface area contributed by atoms with Crippen molar-refractivity contribution in [2.45, 2.75) is 39.0 Å². The van der Waals surface area contributed by atoms with Crippen molar-refractivity contribution in [1.29, 1.82) is 0 Å². The van der Waals surface area contributed by atoms with Crippen LogP contribution in [0.5, 0.6) is 0 Å². The largest absolute Gasteiger partial charge is 0.238 e. The van der Waals surface area contributed by atoms with Gasteiger partial charge in [-0.2, -0.15) is 5.10 Å². The molecule has 1 aromatic heterocycles. The van der Waals surface area contributed by atoms with Crippen molar-refractivity contribution in [1.82, 2.24) is 14.1 Å². The molecule has 1 aliphatic heterocycles. The zero-order chi connectivity index (χ0) is 19.9. The molecule has 0 bridgehead atoms. The van der Waals surface area contributed by atoms with E-state index in [1.165, 1.54) is 4.31 Å². The molecule has 0 saturated heterocycles. The van der Waals surface area contributed by atoms with Crippen LogP contribution in [0.1, 0.15) is 38.1 Å². The van der Waals surface area contributed by atoms with Gasteiger partial charge in [0, 0.05) is 24.9 Å². The summed E-state index contributed by atoms with van der Waals surface area (Å²) in [7, 11) is -3.66. The van der Waals surface area contributed by atoms with Gasteiger partial charge in [-0.1, -0.05) is 43.1 Å². The number of rotatable bonds is 5. The second-order valence-corrected chi connectivity index (χ2v) is 9.38. The van der Waals surface area contributed by atoms with Crippen molar-refractivity contribution in [2.75, 3.05) is 13.1 Å². The minimum absolute atomic E-state index is 0.374. The second-order valence-electron chi connectivity index (χ2n) is 6.51. The number of nitrogens with zero attached hydrogens (tertiary/aromatic N) is 4. The van der Waals surface area contributed by atoms with Gasteiger partial charge in [-0.3, -0.25) is 0 Å². The van der Waals surface area contributed by atoms with Gasteiger partial charge in [-0.15, -0.1) is 0 Å². The van der Waals surface area contributed by atoms with Gasteiger partial charge in [0.15, 0.2) is 5.82 Å². The molecule has 146 valence electrons. The number of aryl methyl sites for hydroxylation is 1. The van der Waals surface area contributed by atoms with Gasteiger partial charge in [-0.25, -0.2) is 22.4 Å². The van der Waals surface area contributed by atoms with Crippen LogP contribution in [0.4, 0.5) is 5.82 Å². The molecule has 6 nitrogen and oxygen atoms in total. The van der Waals surface area contributed by atoms with Crippen LogP contribution in [-0.2, 0) is 10.0 Å². The molecule has 2 unspecified atom stereocenters. The van der Waals surface area contributed by atoms with Crippen molar-refractivity contribution >= 4 is 44.8 Å². The van der Waals surface area contributed by atoms with Crippen molar-refractivity contribution < 1.29 is 8.42 Å². The van der Waals surface area contributed by atoms with Crippen LogP contribution < -0.4 is 0 Å². The maximum Gasteiger partial charge on any atom is 0.224 e. The fourth-order valence-corrected chi connectivity index (χ4v) is 5.96. The Labute approximate surface area is 169 Å². The van der Waals surface area contributed by atoms with E-state index in [2.05, 4.69) is 10.1 Å². The summed E-state index contributed by atoms with van der Waals surface area (Å²) in [5.41, 5.74) is 2.03. The maximum absolute atomic E-state index is 13.5. The summed E-state index contributed by atoms with van der Waals surface area (Å²) in [5, 5.41) is 4.44. The Morgan fingerprint density at radius 1 is 1.11 bits per heavy atom. The Morgan fingerprint density at radius 3 is 2.37 bits per heavy atom. The molecule has 1 aliphatic rings. The predicted octanol–water partition coefficient (Wildman–Crippen LogP) is 4.23. The average Bonchev–Trinajstić information content (AvgIpc) is 2.96. The molecule has 3 rings (SSSR count). The molecule has 27 heavy (non-hydrogen) atoms. The zero-order valence-corrected chi connectivity index (χ0v) is 18.0. The Morgan fingerprint density at radius 2 is 1.78 bits per heavy atom. The summed E-state index contributed by atoms with van der Waals surface area (Å²) in [5.74, 6) is 0.632. The Bertz CT molecular complexity index is 997. The number of hydrogen-bond donors (Lipinski definition) is 0. The number of fused-ring (bicyclic) bond motifs is 1. The van der Waals surface area contributed by atoms with Crippen molar-refractivity contribution in [3.8, 4) is 0 Å². The topological polar surface area (TPSA) is 67.6 Å². The summed E-state index contributed by atoms with van der Waals surface area (Å²) in [6, 6.07) is 6.44. The highest BCUT2D eigenvalue weighted by Gasteiger charge is 2.44. The van der Waals surface area contributed by atoms with Gasteiger partial charge in [0.25, 0.3) is 0 Å². The lowest BCUT2D eigenvalue weighted by atomic mass is 9.99. The smallest absolute Gasteiger partial charge is 0.224 e. The molecular weight excluding hydrogens is 407 g/mol. The first kappa shape index (κ1) is 20.3. The van der Waals surface area contributed by atoms with Crippen LogP contribution in [0, 0.1) is 6.92 Å². The van der Waals surface area contributed by atoms with Gasteiger partial charge < -0.3 is 0 Å². The molecular formula is C18H22Cl2N4O2S. The van der Waals surface area contributed by atoms with Crippen LogP contribution in [0.3, 0.4) is 0 Å². The third-order valence-corrected chi connectivity index (χ3v) is 7.98. The van der Waals surface area contributed by atoms with Crippen molar-refractivity contribution in [3.05, 3.63) is 45.6 Å². The minimum Gasteiger partial charge on any atom is -0.238 e. The molecule has 0 saturated carbocycles. The number of hydrogen-bond acceptors (Lipinski definition) is 4. The first-order chi connectivity index (χ1) is 12.7. The standard InChI is InChI=1S/C18H22Cl2N4O2S/c1-5-23(6-2)27(25,26)18-12(4)21-16-9-11(3)22-24(16)17(18)13-7-8-14(19)15(20)10-13/h7-10,17-18H,5-6H2,1-4H3. The molecule has 0 amide bonds. The van der Waals surface area contributed by atoms with E-state index in [1.54, 1.807) is 29.8 Å². The number of aromatic nitrogens is 2. The SMILES string of the molecule is CCN(CC)S(=O)(=O)C1C(C)=Nc2cc(C)nn2C1c1ccc(Cl)c(Cl)c1. The Hall–Kier alpha value is -1.41. The van der Waals surface area contributed by atoms with Crippen molar-refractivity contribution in [2.24, 2.45) is 4.99 Å². The lowest BCUT2D eigenvalue weighted by molar-refractivity contribution is 0.424. The molecule has 2 atom stereocenters. The highest BCUT2D eigenvalue weighted by Crippen LogP contribution is 2.38. The molecule has 1 aromatic carbocycles. The van der Waals surface area contributed by atoms with Gasteiger partial charge in [-0.05, 0) is 31.5 Å². The fourth-order valence-electron chi connectivity index (χ4n) is 3.53. The van der Waals surface area contributed by atoms with Crippen LogP contribution in [0.25, 0.3) is 0 Å². The molecule has 0 fully saturated rings. The van der Waals surface area contributed by atoms with Crippen LogP contribution >= 0.6 is 23.2 Å². The number of halogens is 2. The molecule has 0 aliphatic carbocycles. The van der Waals surface area contributed by atoms with Gasteiger partial charge in [0.05, 0.1) is 15.7 Å². The highest BCUT2D eigenvalue weighted by molar-refractivity contribution is 7.90. The van der Waals surface area contributed by atoms with E-state index in [0.717, 1.165) is 11.3 Å². The number of aliphatic imine (C=N–C) groups is 1. The molecule has 2 aromatic rings. The fraction of sp³-hybridized carbons (Fsp3) is 0.444. The molecule has 2 heterocycles. The first-order valence-electron chi connectivity index (χ1n) is 8.75. The van der Waals surface area contributed by atoms with Gasteiger partial charge in [0.2, 0.25) is 10.0 Å². The zero-order valence-electron chi connectivity index (χ0n) is 15.6. The maximum atomic E-state index is 13.5. The molecule has 0 radical (unpaired) electrons. The van der Waals surface area contributed by atoms with E-state index in [1.807, 2.05) is 26.8 Å². The quantitative estimate of drug-likeness (QED) is 0.714. The summed E-state index contributed by atoms with van der Waals surface area (Å²) in [4.78, 5) is 4.53. The summed E-state index contributed by atoms with van der Waals surface area (Å²) in [6.07, 6.45) is 0. The van der Waals surface area contributed by atoms with Gasteiger partial charge in [0.1, 0.15) is 11.3 Å². The lowest BCUT2D eigenvalue weighted by Gasteiger charge is -2.34. The summed E-state index contributed by atoms with van der Waals surface area (Å²) >= 11 is 12.3. The molecule has 0 spiro atoms. The minimum atomic E-state index is -3.66. The monoisotopic (exact) mass is 428 g/mol. The second kappa shape index (κ2) is 7.54. The first-order valence-corrected chi connectivity index (χ1v) is 11.0. The van der Waals surface area contributed by atoms with Crippen LogP contribution in [0.15, 0.2) is 29.3 Å². The van der Waals surface area contributed by atoms with Crippen molar-refractivity contribution in [3.63, 3.8) is 0 Å². The summed E-state index contributed by atoms with van der Waals surface area (Å²) in [6.45, 7) is 8.05.